The van der Waals surface area contributed by atoms with Crippen molar-refractivity contribution in [3.8, 4) is 0 Å². The molecular weight excluding hydrogens is 394 g/mol. The highest BCUT2D eigenvalue weighted by molar-refractivity contribution is 6.04. The van der Waals surface area contributed by atoms with Crippen molar-refractivity contribution in [2.75, 3.05) is 19.8 Å². The minimum absolute atomic E-state index is 0.0698. The zero-order valence-corrected chi connectivity index (χ0v) is 18.0. The molecule has 0 aliphatic carbocycles. The molecule has 0 amide bonds. The molecule has 3 aromatic heterocycles. The van der Waals surface area contributed by atoms with E-state index in [2.05, 4.69) is 0 Å². The number of nitrogens with zero attached hydrogens (tertiary/aromatic N) is 5. The molecule has 1 atom stereocenters. The Balaban J connectivity index is 1.72. The maximum absolute atomic E-state index is 13.6. The van der Waals surface area contributed by atoms with Crippen LogP contribution in [0.5, 0.6) is 0 Å². The highest BCUT2D eigenvalue weighted by Crippen LogP contribution is 2.27. The van der Waals surface area contributed by atoms with Crippen LogP contribution in [0.25, 0.3) is 33.2 Å². The predicted octanol–water partition coefficient (Wildman–Crippen LogP) is 3.21. The largest absolute Gasteiger partial charge is 0.382 e. The fraction of sp³-hybridized carbons (Fsp3) is 0.478. The second-order valence-electron chi connectivity index (χ2n) is 8.00. The van der Waals surface area contributed by atoms with E-state index in [4.69, 9.17) is 24.4 Å². The van der Waals surface area contributed by atoms with E-state index in [0.717, 1.165) is 36.9 Å². The molecule has 0 saturated carbocycles. The molecule has 1 aliphatic heterocycles. The summed E-state index contributed by atoms with van der Waals surface area (Å²) in [5, 5.41) is 0.535. The van der Waals surface area contributed by atoms with Crippen LogP contribution in [0.1, 0.15) is 32.0 Å². The Kier molecular flexibility index (Phi) is 5.41. The Morgan fingerprint density at radius 3 is 2.68 bits per heavy atom. The molecule has 4 aromatic rings. The van der Waals surface area contributed by atoms with E-state index in [1.165, 1.54) is 0 Å². The third kappa shape index (κ3) is 3.59. The van der Waals surface area contributed by atoms with Crippen molar-refractivity contribution in [3.63, 3.8) is 0 Å². The lowest BCUT2D eigenvalue weighted by Crippen LogP contribution is -2.25. The van der Waals surface area contributed by atoms with Crippen molar-refractivity contribution in [1.82, 2.24) is 24.1 Å². The Bertz CT molecular complexity index is 1300. The minimum Gasteiger partial charge on any atom is -0.382 e. The second-order valence-corrected chi connectivity index (χ2v) is 8.00. The molecule has 1 saturated heterocycles. The Morgan fingerprint density at radius 1 is 1.13 bits per heavy atom. The van der Waals surface area contributed by atoms with E-state index in [-0.39, 0.29) is 11.7 Å². The van der Waals surface area contributed by atoms with Crippen LogP contribution in [0.3, 0.4) is 0 Å². The van der Waals surface area contributed by atoms with Gasteiger partial charge in [-0.15, -0.1) is 0 Å². The Labute approximate surface area is 179 Å². The van der Waals surface area contributed by atoms with Gasteiger partial charge in [-0.3, -0.25) is 9.36 Å². The van der Waals surface area contributed by atoms with Crippen molar-refractivity contribution in [3.05, 3.63) is 40.4 Å². The number of fused-ring (bicyclic) bond motifs is 4. The molecule has 0 bridgehead atoms. The molecular formula is C23H27N5O3. The van der Waals surface area contributed by atoms with Gasteiger partial charge in [-0.25, -0.2) is 15.0 Å². The fourth-order valence-electron chi connectivity index (χ4n) is 4.39. The molecule has 1 aliphatic rings. The topological polar surface area (TPSA) is 84.1 Å². The summed E-state index contributed by atoms with van der Waals surface area (Å²) in [4.78, 5) is 28.2. The van der Waals surface area contributed by atoms with Crippen molar-refractivity contribution in [1.29, 1.82) is 0 Å². The molecule has 8 heteroatoms. The van der Waals surface area contributed by atoms with Crippen LogP contribution in [0.2, 0.25) is 0 Å². The first-order chi connectivity index (χ1) is 15.2. The molecule has 1 unspecified atom stereocenters. The normalized spacial score (nSPS) is 16.8. The van der Waals surface area contributed by atoms with E-state index >= 15 is 0 Å². The predicted molar refractivity (Wildman–Crippen MR) is 119 cm³/mol. The second kappa shape index (κ2) is 8.36. The first kappa shape index (κ1) is 20.1. The van der Waals surface area contributed by atoms with E-state index in [1.807, 2.05) is 42.7 Å². The molecule has 4 heterocycles. The van der Waals surface area contributed by atoms with E-state index < -0.39 is 0 Å². The number of rotatable bonds is 7. The van der Waals surface area contributed by atoms with Gasteiger partial charge < -0.3 is 14.0 Å². The van der Waals surface area contributed by atoms with Gasteiger partial charge in [-0.2, -0.15) is 0 Å². The van der Waals surface area contributed by atoms with Crippen LogP contribution >= 0.6 is 0 Å². The van der Waals surface area contributed by atoms with E-state index in [9.17, 15) is 4.79 Å². The summed E-state index contributed by atoms with van der Waals surface area (Å²) >= 11 is 0. The summed E-state index contributed by atoms with van der Waals surface area (Å²) in [5.74, 6) is 0.690. The lowest BCUT2D eigenvalue weighted by molar-refractivity contribution is 0.0986. The number of para-hydroxylation sites is 2. The van der Waals surface area contributed by atoms with Gasteiger partial charge in [-0.05, 0) is 45.2 Å². The average molecular weight is 422 g/mol. The third-order valence-corrected chi connectivity index (χ3v) is 5.93. The van der Waals surface area contributed by atoms with Crippen molar-refractivity contribution < 1.29 is 9.47 Å². The van der Waals surface area contributed by atoms with Gasteiger partial charge >= 0.3 is 0 Å². The van der Waals surface area contributed by atoms with Gasteiger partial charge in [0.15, 0.2) is 11.3 Å². The number of aryl methyl sites for hydroxylation is 1. The molecule has 0 radical (unpaired) electrons. The lowest BCUT2D eigenvalue weighted by Gasteiger charge is -2.13. The molecule has 1 fully saturated rings. The SMILES string of the molecule is CCOCCCn1c(C)nc2c(c1=O)c1nc3ccccc3nc1n2CC1CCCO1. The molecule has 0 spiro atoms. The van der Waals surface area contributed by atoms with E-state index in [1.54, 1.807) is 4.57 Å². The van der Waals surface area contributed by atoms with Crippen LogP contribution < -0.4 is 5.56 Å². The lowest BCUT2D eigenvalue weighted by atomic mass is 10.2. The maximum Gasteiger partial charge on any atom is 0.265 e. The molecule has 31 heavy (non-hydrogen) atoms. The first-order valence-electron chi connectivity index (χ1n) is 11.0. The quantitative estimate of drug-likeness (QED) is 0.426. The van der Waals surface area contributed by atoms with Gasteiger partial charge in [0, 0.05) is 26.4 Å². The molecule has 1 aromatic carbocycles. The van der Waals surface area contributed by atoms with Gasteiger partial charge in [-0.1, -0.05) is 12.1 Å². The van der Waals surface area contributed by atoms with E-state index in [0.29, 0.717) is 54.3 Å². The molecule has 162 valence electrons. The number of aromatic nitrogens is 5. The van der Waals surface area contributed by atoms with Crippen molar-refractivity contribution in [2.24, 2.45) is 0 Å². The standard InChI is InChI=1S/C23H27N5O3/c1-3-30-12-7-11-27-15(2)24-21-19(23(27)29)20-22(28(21)14-16-8-6-13-31-16)26-18-10-5-4-9-17(18)25-20/h4-5,9-10,16H,3,6-8,11-14H2,1-2H3. The number of benzene rings is 1. The van der Waals surface area contributed by atoms with Gasteiger partial charge in [0.25, 0.3) is 5.56 Å². The maximum atomic E-state index is 13.6. The summed E-state index contributed by atoms with van der Waals surface area (Å²) < 4.78 is 15.1. The first-order valence-corrected chi connectivity index (χ1v) is 11.0. The minimum atomic E-state index is -0.0698. The van der Waals surface area contributed by atoms with Gasteiger partial charge in [0.2, 0.25) is 0 Å². The van der Waals surface area contributed by atoms with Crippen molar-refractivity contribution in [2.45, 2.75) is 52.3 Å². The van der Waals surface area contributed by atoms with Crippen molar-refractivity contribution >= 4 is 33.2 Å². The monoisotopic (exact) mass is 421 g/mol. The molecule has 8 nitrogen and oxygen atoms in total. The zero-order chi connectivity index (χ0) is 21.4. The number of hydrogen-bond acceptors (Lipinski definition) is 6. The highest BCUT2D eigenvalue weighted by Gasteiger charge is 2.24. The summed E-state index contributed by atoms with van der Waals surface area (Å²) in [6, 6.07) is 7.75. The van der Waals surface area contributed by atoms with Crippen LogP contribution in [-0.4, -0.2) is 50.0 Å². The van der Waals surface area contributed by atoms with Crippen LogP contribution in [0.15, 0.2) is 29.1 Å². The summed E-state index contributed by atoms with van der Waals surface area (Å²) in [5.41, 5.74) is 3.46. The van der Waals surface area contributed by atoms with Crippen LogP contribution in [0.4, 0.5) is 0 Å². The molecule has 0 N–H and O–H groups in total. The summed E-state index contributed by atoms with van der Waals surface area (Å²) in [6.07, 6.45) is 2.90. The third-order valence-electron chi connectivity index (χ3n) is 5.93. The fourth-order valence-corrected chi connectivity index (χ4v) is 4.39. The van der Waals surface area contributed by atoms with Gasteiger partial charge in [0.05, 0.1) is 23.7 Å². The Hall–Kier alpha value is -2.84. The number of ether oxygens (including phenoxy) is 2. The van der Waals surface area contributed by atoms with Crippen LogP contribution in [0, 0.1) is 6.92 Å². The molecule has 5 rings (SSSR count). The number of hydrogen-bond donors (Lipinski definition) is 0. The summed E-state index contributed by atoms with van der Waals surface area (Å²) in [6.45, 7) is 7.09. The van der Waals surface area contributed by atoms with Gasteiger partial charge in [0.1, 0.15) is 16.7 Å². The Morgan fingerprint density at radius 2 is 1.94 bits per heavy atom. The highest BCUT2D eigenvalue weighted by atomic mass is 16.5. The smallest absolute Gasteiger partial charge is 0.265 e. The zero-order valence-electron chi connectivity index (χ0n) is 18.0. The van der Waals surface area contributed by atoms with Crippen LogP contribution in [-0.2, 0) is 22.6 Å². The summed E-state index contributed by atoms with van der Waals surface area (Å²) in [7, 11) is 0. The average Bonchev–Trinajstić information content (AvgIpc) is 3.38.